The first-order valence-electron chi connectivity index (χ1n) is 13.2. The summed E-state index contributed by atoms with van der Waals surface area (Å²) in [7, 11) is 0. The van der Waals surface area contributed by atoms with E-state index in [-0.39, 0.29) is 5.75 Å². The molecule has 0 saturated heterocycles. The molecule has 1 aliphatic rings. The number of aromatic hydroxyl groups is 1. The maximum absolute atomic E-state index is 10.7. The Morgan fingerprint density at radius 1 is 0.658 bits per heavy atom. The smallest absolute Gasteiger partial charge is 0.149 e. The van der Waals surface area contributed by atoms with Crippen LogP contribution in [0.15, 0.2) is 109 Å². The summed E-state index contributed by atoms with van der Waals surface area (Å²) >= 11 is 0. The van der Waals surface area contributed by atoms with Crippen molar-refractivity contribution < 1.29 is 5.11 Å². The van der Waals surface area contributed by atoms with Crippen LogP contribution in [0.25, 0.3) is 50.5 Å². The van der Waals surface area contributed by atoms with Crippen LogP contribution in [-0.4, -0.2) is 19.6 Å². The van der Waals surface area contributed by atoms with Crippen LogP contribution in [0.2, 0.25) is 0 Å². The molecule has 0 spiro atoms. The number of aromatic nitrogens is 3. The SMILES string of the molecule is Oc1ccccc1-c1nc2c(-c3cccc(-c4cc5c(cn4)CCCC5)c3)cccc2n1-c1ccccc1. The molecule has 0 aliphatic heterocycles. The summed E-state index contributed by atoms with van der Waals surface area (Å²) < 4.78 is 2.13. The molecule has 38 heavy (non-hydrogen) atoms. The lowest BCUT2D eigenvalue weighted by Crippen LogP contribution is -2.03. The number of hydrogen-bond donors (Lipinski definition) is 1. The van der Waals surface area contributed by atoms with Crippen LogP contribution >= 0.6 is 0 Å². The highest BCUT2D eigenvalue weighted by Gasteiger charge is 2.19. The fraction of sp³-hybridized carbons (Fsp3) is 0.118. The van der Waals surface area contributed by atoms with Crippen molar-refractivity contribution in [2.45, 2.75) is 25.7 Å². The lowest BCUT2D eigenvalue weighted by molar-refractivity contribution is 0.477. The van der Waals surface area contributed by atoms with Gasteiger partial charge in [0, 0.05) is 23.0 Å². The Balaban J connectivity index is 1.41. The Hall–Kier alpha value is -4.70. The number of hydrogen-bond acceptors (Lipinski definition) is 3. The van der Waals surface area contributed by atoms with Crippen LogP contribution in [0.3, 0.4) is 0 Å². The van der Waals surface area contributed by atoms with Crippen molar-refractivity contribution >= 4 is 11.0 Å². The molecule has 1 aliphatic carbocycles. The number of nitrogens with zero attached hydrogens (tertiary/aromatic N) is 3. The summed E-state index contributed by atoms with van der Waals surface area (Å²) in [5, 5.41) is 10.7. The first-order chi connectivity index (χ1) is 18.8. The quantitative estimate of drug-likeness (QED) is 0.271. The molecule has 0 radical (unpaired) electrons. The van der Waals surface area contributed by atoms with Gasteiger partial charge in [0.25, 0.3) is 0 Å². The fourth-order valence-electron chi connectivity index (χ4n) is 5.63. The molecule has 0 unspecified atom stereocenters. The molecule has 2 heterocycles. The minimum Gasteiger partial charge on any atom is -0.507 e. The predicted octanol–water partition coefficient (Wildman–Crippen LogP) is 8.01. The third-order valence-electron chi connectivity index (χ3n) is 7.54. The largest absolute Gasteiger partial charge is 0.507 e. The van der Waals surface area contributed by atoms with E-state index in [2.05, 4.69) is 71.4 Å². The number of para-hydroxylation sites is 3. The monoisotopic (exact) mass is 493 g/mol. The zero-order valence-electron chi connectivity index (χ0n) is 21.0. The van der Waals surface area contributed by atoms with E-state index in [1.54, 1.807) is 6.07 Å². The van der Waals surface area contributed by atoms with Crippen LogP contribution in [0.4, 0.5) is 0 Å². The summed E-state index contributed by atoms with van der Waals surface area (Å²) in [6.45, 7) is 0. The molecule has 4 heteroatoms. The number of imidazole rings is 1. The number of fused-ring (bicyclic) bond motifs is 2. The van der Waals surface area contributed by atoms with Gasteiger partial charge < -0.3 is 5.11 Å². The lowest BCUT2D eigenvalue weighted by atomic mass is 9.92. The Morgan fingerprint density at radius 2 is 1.39 bits per heavy atom. The van der Waals surface area contributed by atoms with Crippen LogP contribution in [0, 0.1) is 0 Å². The predicted molar refractivity (Wildman–Crippen MR) is 153 cm³/mol. The Kier molecular flexibility index (Phi) is 5.51. The number of benzene rings is 4. The number of phenolic OH excluding ortho intramolecular Hbond substituents is 1. The van der Waals surface area contributed by atoms with E-state index < -0.39 is 0 Å². The second-order valence-electron chi connectivity index (χ2n) is 9.92. The van der Waals surface area contributed by atoms with Gasteiger partial charge in [-0.25, -0.2) is 4.98 Å². The number of phenols is 1. The van der Waals surface area contributed by atoms with Gasteiger partial charge in [0.1, 0.15) is 11.6 Å². The average Bonchev–Trinajstić information content (AvgIpc) is 3.37. The second kappa shape index (κ2) is 9.31. The summed E-state index contributed by atoms with van der Waals surface area (Å²) in [4.78, 5) is 9.96. The molecule has 0 atom stereocenters. The minimum atomic E-state index is 0.210. The average molecular weight is 494 g/mol. The van der Waals surface area contributed by atoms with Gasteiger partial charge in [-0.3, -0.25) is 9.55 Å². The molecule has 0 bridgehead atoms. The topological polar surface area (TPSA) is 50.9 Å². The summed E-state index contributed by atoms with van der Waals surface area (Å²) in [5.74, 6) is 0.922. The van der Waals surface area contributed by atoms with E-state index in [0.717, 1.165) is 51.9 Å². The van der Waals surface area contributed by atoms with Crippen molar-refractivity contribution in [2.75, 3.05) is 0 Å². The number of aryl methyl sites for hydroxylation is 2. The summed E-state index contributed by atoms with van der Waals surface area (Å²) in [6, 6.07) is 34.7. The van der Waals surface area contributed by atoms with Gasteiger partial charge in [-0.2, -0.15) is 0 Å². The molecule has 2 aromatic heterocycles. The maximum Gasteiger partial charge on any atom is 0.149 e. The van der Waals surface area contributed by atoms with E-state index in [4.69, 9.17) is 9.97 Å². The molecule has 4 aromatic carbocycles. The molecular weight excluding hydrogens is 466 g/mol. The Bertz CT molecular complexity index is 1790. The highest BCUT2D eigenvalue weighted by atomic mass is 16.3. The highest BCUT2D eigenvalue weighted by Crippen LogP contribution is 2.38. The van der Waals surface area contributed by atoms with Gasteiger partial charge in [-0.1, -0.05) is 60.7 Å². The molecule has 1 N–H and O–H groups in total. The van der Waals surface area contributed by atoms with Crippen molar-refractivity contribution in [1.29, 1.82) is 0 Å². The van der Waals surface area contributed by atoms with Crippen molar-refractivity contribution in [3.05, 3.63) is 120 Å². The van der Waals surface area contributed by atoms with Gasteiger partial charge in [-0.15, -0.1) is 0 Å². The van der Waals surface area contributed by atoms with Crippen molar-refractivity contribution in [1.82, 2.24) is 14.5 Å². The zero-order valence-corrected chi connectivity index (χ0v) is 21.0. The molecule has 7 rings (SSSR count). The molecule has 0 amide bonds. The minimum absolute atomic E-state index is 0.210. The maximum atomic E-state index is 10.7. The molecule has 4 nitrogen and oxygen atoms in total. The van der Waals surface area contributed by atoms with E-state index >= 15 is 0 Å². The van der Waals surface area contributed by atoms with Gasteiger partial charge in [-0.05, 0) is 84.8 Å². The number of pyridine rings is 1. The third-order valence-corrected chi connectivity index (χ3v) is 7.54. The normalized spacial score (nSPS) is 12.9. The van der Waals surface area contributed by atoms with Gasteiger partial charge in [0.05, 0.1) is 22.3 Å². The summed E-state index contributed by atoms with van der Waals surface area (Å²) in [6.07, 6.45) is 6.84. The first kappa shape index (κ1) is 22.5. The van der Waals surface area contributed by atoms with E-state index in [1.165, 1.54) is 24.0 Å². The van der Waals surface area contributed by atoms with Gasteiger partial charge in [0.2, 0.25) is 0 Å². The first-order valence-corrected chi connectivity index (χ1v) is 13.2. The van der Waals surface area contributed by atoms with Gasteiger partial charge in [0.15, 0.2) is 0 Å². The molecule has 184 valence electrons. The van der Waals surface area contributed by atoms with E-state index in [9.17, 15) is 5.11 Å². The van der Waals surface area contributed by atoms with Gasteiger partial charge >= 0.3 is 0 Å². The van der Waals surface area contributed by atoms with Crippen molar-refractivity contribution in [3.8, 4) is 45.2 Å². The zero-order chi connectivity index (χ0) is 25.5. The number of rotatable bonds is 4. The molecular formula is C34H27N3O. The lowest BCUT2D eigenvalue weighted by Gasteiger charge is -2.16. The van der Waals surface area contributed by atoms with Crippen molar-refractivity contribution in [2.24, 2.45) is 0 Å². The van der Waals surface area contributed by atoms with Crippen LogP contribution in [0.5, 0.6) is 5.75 Å². The molecule has 0 fully saturated rings. The second-order valence-corrected chi connectivity index (χ2v) is 9.92. The highest BCUT2D eigenvalue weighted by molar-refractivity contribution is 5.96. The molecule has 0 saturated carbocycles. The van der Waals surface area contributed by atoms with Crippen molar-refractivity contribution in [3.63, 3.8) is 0 Å². The van der Waals surface area contributed by atoms with Crippen LogP contribution in [0.1, 0.15) is 24.0 Å². The fourth-order valence-corrected chi connectivity index (χ4v) is 5.63. The standard InChI is InChI=1S/C34H27N3O/c38-32-19-7-6-16-29(32)34-36-33-28(17-9-18-31(33)37(34)27-14-2-1-3-15-27)24-12-8-13-25(20-24)30-21-23-10-4-5-11-26(23)22-35-30/h1-3,6-9,12-22,38H,4-5,10-11H2. The molecule has 6 aromatic rings. The van der Waals surface area contributed by atoms with E-state index in [1.807, 2.05) is 36.4 Å². The third kappa shape index (κ3) is 3.86. The van der Waals surface area contributed by atoms with Crippen LogP contribution < -0.4 is 0 Å². The van der Waals surface area contributed by atoms with Crippen LogP contribution in [-0.2, 0) is 12.8 Å². The summed E-state index contributed by atoms with van der Waals surface area (Å²) in [5.41, 5.74) is 10.7. The van der Waals surface area contributed by atoms with E-state index in [0.29, 0.717) is 11.4 Å². The Morgan fingerprint density at radius 3 is 2.26 bits per heavy atom. The Labute approximate surface area is 221 Å².